The molecule has 1 aliphatic carbocycles. The zero-order chi connectivity index (χ0) is 21.9. The van der Waals surface area contributed by atoms with Gasteiger partial charge in [0.2, 0.25) is 12.5 Å². The molecule has 170 valence electrons. The molecule has 0 bridgehead atoms. The van der Waals surface area contributed by atoms with Crippen molar-refractivity contribution >= 4 is 0 Å². The number of phenolic OH excluding ortho intramolecular Hbond substituents is 1. The SMILES string of the molecule is COc1cc(C2c3cc4c(cc3OC3(N5CCCC5)CCCC23)OCO4)cc(O)c1OC. The summed E-state index contributed by atoms with van der Waals surface area (Å²) in [5.74, 6) is 3.57. The lowest BCUT2D eigenvalue weighted by Crippen LogP contribution is -2.58. The standard InChI is InChI=1S/C25H29NO6/c1-28-22-11-15(10-18(27)24(22)29-2)23-16-12-20-21(31-14-30-20)13-19(16)32-25(7-5-6-17(23)25)26-8-3-4-9-26/h10-13,17,23,27H,3-9,14H2,1-2H3. The number of phenols is 1. The van der Waals surface area contributed by atoms with Gasteiger partial charge in [0.25, 0.3) is 0 Å². The Balaban J connectivity index is 1.55. The fourth-order valence-corrected chi connectivity index (χ4v) is 6.33. The normalized spacial score (nSPS) is 28.2. The van der Waals surface area contributed by atoms with Gasteiger partial charge in [-0.05, 0) is 49.4 Å². The van der Waals surface area contributed by atoms with Crippen molar-refractivity contribution in [2.24, 2.45) is 5.92 Å². The molecule has 0 amide bonds. The number of nitrogens with zero attached hydrogens (tertiary/aromatic N) is 1. The second-order valence-electron chi connectivity index (χ2n) is 9.14. The van der Waals surface area contributed by atoms with Crippen molar-refractivity contribution < 1.29 is 28.8 Å². The van der Waals surface area contributed by atoms with Gasteiger partial charge in [-0.3, -0.25) is 4.90 Å². The van der Waals surface area contributed by atoms with Gasteiger partial charge in [-0.1, -0.05) is 0 Å². The number of fused-ring (bicyclic) bond motifs is 3. The van der Waals surface area contributed by atoms with Crippen LogP contribution in [0.3, 0.4) is 0 Å². The van der Waals surface area contributed by atoms with Gasteiger partial charge in [0.05, 0.1) is 14.2 Å². The van der Waals surface area contributed by atoms with Crippen molar-refractivity contribution in [1.82, 2.24) is 4.90 Å². The summed E-state index contributed by atoms with van der Waals surface area (Å²) in [7, 11) is 3.14. The number of benzene rings is 2. The van der Waals surface area contributed by atoms with E-state index in [1.807, 2.05) is 18.2 Å². The van der Waals surface area contributed by atoms with Gasteiger partial charge in [-0.25, -0.2) is 0 Å². The summed E-state index contributed by atoms with van der Waals surface area (Å²) in [5.41, 5.74) is 1.73. The highest BCUT2D eigenvalue weighted by molar-refractivity contribution is 5.60. The van der Waals surface area contributed by atoms with Crippen LogP contribution >= 0.6 is 0 Å². The molecule has 2 aromatic rings. The molecule has 6 rings (SSSR count). The first-order chi connectivity index (χ1) is 15.6. The Hall–Kier alpha value is -2.80. The average Bonchev–Trinajstić information content (AvgIpc) is 3.55. The molecule has 3 aliphatic heterocycles. The zero-order valence-electron chi connectivity index (χ0n) is 18.6. The molecule has 1 saturated heterocycles. The van der Waals surface area contributed by atoms with Crippen molar-refractivity contribution in [2.45, 2.75) is 43.7 Å². The van der Waals surface area contributed by atoms with E-state index in [4.69, 9.17) is 23.7 Å². The van der Waals surface area contributed by atoms with Gasteiger partial charge in [0.15, 0.2) is 28.7 Å². The van der Waals surface area contributed by atoms with E-state index in [0.29, 0.717) is 11.5 Å². The molecule has 3 unspecified atom stereocenters. The molecule has 3 heterocycles. The molecule has 32 heavy (non-hydrogen) atoms. The van der Waals surface area contributed by atoms with Crippen LogP contribution in [0.2, 0.25) is 0 Å². The number of ether oxygens (including phenoxy) is 5. The van der Waals surface area contributed by atoms with Gasteiger partial charge in [0.1, 0.15) is 5.75 Å². The van der Waals surface area contributed by atoms with E-state index in [0.717, 1.165) is 60.7 Å². The highest BCUT2D eigenvalue weighted by atomic mass is 16.7. The lowest BCUT2D eigenvalue weighted by molar-refractivity contribution is -0.117. The molecule has 3 atom stereocenters. The Morgan fingerprint density at radius 2 is 1.75 bits per heavy atom. The van der Waals surface area contributed by atoms with E-state index in [-0.39, 0.29) is 30.1 Å². The van der Waals surface area contributed by atoms with E-state index in [9.17, 15) is 5.11 Å². The molecule has 1 saturated carbocycles. The predicted octanol–water partition coefficient (Wildman–Crippen LogP) is 4.25. The van der Waals surface area contributed by atoms with Gasteiger partial charge >= 0.3 is 0 Å². The van der Waals surface area contributed by atoms with Crippen molar-refractivity contribution in [3.05, 3.63) is 35.4 Å². The van der Waals surface area contributed by atoms with Crippen molar-refractivity contribution in [1.29, 1.82) is 0 Å². The minimum atomic E-state index is -0.343. The van der Waals surface area contributed by atoms with E-state index < -0.39 is 0 Å². The first-order valence-corrected chi connectivity index (χ1v) is 11.5. The molecule has 1 N–H and O–H groups in total. The summed E-state index contributed by atoms with van der Waals surface area (Å²) in [5, 5.41) is 10.8. The molecule has 7 heteroatoms. The number of hydrogen-bond donors (Lipinski definition) is 1. The number of aromatic hydroxyl groups is 1. The fraction of sp³-hybridized carbons (Fsp3) is 0.520. The molecule has 7 nitrogen and oxygen atoms in total. The monoisotopic (exact) mass is 439 g/mol. The van der Waals surface area contributed by atoms with E-state index in [1.165, 1.54) is 20.0 Å². The molecule has 0 spiro atoms. The maximum Gasteiger partial charge on any atom is 0.231 e. The third kappa shape index (κ3) is 2.76. The van der Waals surface area contributed by atoms with Crippen LogP contribution < -0.4 is 23.7 Å². The van der Waals surface area contributed by atoms with Gasteiger partial charge in [-0.15, -0.1) is 0 Å². The predicted molar refractivity (Wildman–Crippen MR) is 117 cm³/mol. The molecular formula is C25H29NO6. The van der Waals surface area contributed by atoms with Crippen LogP contribution in [0.5, 0.6) is 34.5 Å². The van der Waals surface area contributed by atoms with E-state index in [1.54, 1.807) is 7.11 Å². The molecule has 2 fully saturated rings. The van der Waals surface area contributed by atoms with Gasteiger partial charge < -0.3 is 28.8 Å². The largest absolute Gasteiger partial charge is 0.504 e. The summed E-state index contributed by atoms with van der Waals surface area (Å²) in [6, 6.07) is 7.86. The van der Waals surface area contributed by atoms with Crippen LogP contribution in [-0.2, 0) is 0 Å². The van der Waals surface area contributed by atoms with Crippen LogP contribution in [-0.4, -0.2) is 49.8 Å². The summed E-state index contributed by atoms with van der Waals surface area (Å²) in [6.07, 6.45) is 5.57. The topological polar surface area (TPSA) is 69.6 Å². The molecule has 4 aliphatic rings. The third-order valence-corrected chi connectivity index (χ3v) is 7.64. The first-order valence-electron chi connectivity index (χ1n) is 11.5. The number of likely N-dealkylation sites (tertiary alicyclic amines) is 1. The van der Waals surface area contributed by atoms with Crippen LogP contribution in [0.25, 0.3) is 0 Å². The first kappa shape index (κ1) is 19.9. The number of rotatable bonds is 4. The highest BCUT2D eigenvalue weighted by Crippen LogP contribution is 2.59. The minimum Gasteiger partial charge on any atom is -0.504 e. The van der Waals surface area contributed by atoms with E-state index in [2.05, 4.69) is 11.0 Å². The summed E-state index contributed by atoms with van der Waals surface area (Å²) in [6.45, 7) is 2.33. The van der Waals surface area contributed by atoms with Crippen LogP contribution in [0.1, 0.15) is 49.1 Å². The maximum atomic E-state index is 10.8. The Bertz CT molecular complexity index is 1050. The Labute approximate surface area is 187 Å². The minimum absolute atomic E-state index is 0.0297. The van der Waals surface area contributed by atoms with Crippen LogP contribution in [0.15, 0.2) is 24.3 Å². The highest BCUT2D eigenvalue weighted by Gasteiger charge is 2.57. The van der Waals surface area contributed by atoms with Crippen molar-refractivity contribution in [3.63, 3.8) is 0 Å². The second-order valence-corrected chi connectivity index (χ2v) is 9.14. The second kappa shape index (κ2) is 7.37. The number of hydrogen-bond acceptors (Lipinski definition) is 7. The van der Waals surface area contributed by atoms with Crippen molar-refractivity contribution in [3.8, 4) is 34.5 Å². The number of methoxy groups -OCH3 is 2. The zero-order valence-corrected chi connectivity index (χ0v) is 18.6. The maximum absolute atomic E-state index is 10.8. The molecule has 0 aromatic heterocycles. The molecular weight excluding hydrogens is 410 g/mol. The molecule has 0 radical (unpaired) electrons. The quantitative estimate of drug-likeness (QED) is 0.764. The fourth-order valence-electron chi connectivity index (χ4n) is 6.33. The van der Waals surface area contributed by atoms with Gasteiger partial charge in [-0.2, -0.15) is 0 Å². The smallest absolute Gasteiger partial charge is 0.231 e. The Kier molecular flexibility index (Phi) is 4.57. The summed E-state index contributed by atoms with van der Waals surface area (Å²) < 4.78 is 29.2. The van der Waals surface area contributed by atoms with Gasteiger partial charge in [0, 0.05) is 43.0 Å². The Morgan fingerprint density at radius 1 is 0.969 bits per heavy atom. The van der Waals surface area contributed by atoms with Crippen molar-refractivity contribution in [2.75, 3.05) is 34.1 Å². The summed E-state index contributed by atoms with van der Waals surface area (Å²) in [4.78, 5) is 2.55. The third-order valence-electron chi connectivity index (χ3n) is 7.64. The van der Waals surface area contributed by atoms with E-state index >= 15 is 0 Å². The summed E-state index contributed by atoms with van der Waals surface area (Å²) >= 11 is 0. The van der Waals surface area contributed by atoms with Crippen LogP contribution in [0.4, 0.5) is 0 Å². The molecule has 2 aromatic carbocycles. The lowest BCUT2D eigenvalue weighted by atomic mass is 9.73. The average molecular weight is 440 g/mol. The lowest BCUT2D eigenvalue weighted by Gasteiger charge is -2.50. The Morgan fingerprint density at radius 3 is 2.50 bits per heavy atom. The van der Waals surface area contributed by atoms with Crippen LogP contribution in [0, 0.1) is 5.92 Å².